The third-order valence-corrected chi connectivity index (χ3v) is 3.67. The number of unbranched alkanes of at least 4 members (excludes halogenated alkanes) is 1. The maximum absolute atomic E-state index is 11.6. The van der Waals surface area contributed by atoms with E-state index < -0.39 is 17.5 Å². The average Bonchev–Trinajstić information content (AvgIpc) is 2.37. The molecule has 0 aliphatic heterocycles. The van der Waals surface area contributed by atoms with Crippen LogP contribution in [0.15, 0.2) is 0 Å². The second-order valence-electron chi connectivity index (χ2n) is 5.65. The van der Waals surface area contributed by atoms with E-state index in [4.69, 9.17) is 5.11 Å². The number of nitrogens with zero attached hydrogens (tertiary/aromatic N) is 1. The van der Waals surface area contributed by atoms with Crippen LogP contribution in [0.4, 0.5) is 4.79 Å². The predicted molar refractivity (Wildman–Crippen MR) is 79.9 cm³/mol. The summed E-state index contributed by atoms with van der Waals surface area (Å²) in [5, 5.41) is 14.3. The topological polar surface area (TPSA) is 81.7 Å². The summed E-state index contributed by atoms with van der Waals surface area (Å²) in [7, 11) is 2.07. The number of hydrogen-bond acceptors (Lipinski definition) is 3. The fraction of sp³-hybridized carbons (Fsp3) is 0.857. The lowest BCUT2D eigenvalue weighted by molar-refractivity contribution is -0.143. The number of rotatable bonds is 9. The number of carboxylic acid groups (broad SMARTS) is 1. The van der Waals surface area contributed by atoms with Crippen molar-refractivity contribution in [2.24, 2.45) is 0 Å². The molecule has 0 aromatic carbocycles. The van der Waals surface area contributed by atoms with Crippen LogP contribution in [0.3, 0.4) is 0 Å². The van der Waals surface area contributed by atoms with E-state index in [0.29, 0.717) is 19.0 Å². The summed E-state index contributed by atoms with van der Waals surface area (Å²) in [6, 6.07) is 0.0982. The predicted octanol–water partition coefficient (Wildman–Crippen LogP) is 1.66. The highest BCUT2D eigenvalue weighted by Gasteiger charge is 2.32. The van der Waals surface area contributed by atoms with Gasteiger partial charge >= 0.3 is 12.0 Å². The third-order valence-electron chi connectivity index (χ3n) is 3.67. The molecule has 3 N–H and O–H groups in total. The third kappa shape index (κ3) is 6.75. The van der Waals surface area contributed by atoms with Gasteiger partial charge in [0, 0.05) is 12.6 Å². The molecule has 0 saturated heterocycles. The number of amides is 2. The Bertz CT molecular complexity index is 321. The van der Waals surface area contributed by atoms with E-state index >= 15 is 0 Å². The molecule has 2 amide bonds. The molecule has 0 saturated carbocycles. The lowest BCUT2D eigenvalue weighted by Gasteiger charge is -2.24. The molecule has 0 aromatic rings. The molecule has 0 bridgehead atoms. The second kappa shape index (κ2) is 8.79. The zero-order valence-corrected chi connectivity index (χ0v) is 13.3. The van der Waals surface area contributed by atoms with Crippen LogP contribution in [0.5, 0.6) is 0 Å². The van der Waals surface area contributed by atoms with Crippen molar-refractivity contribution >= 4 is 12.0 Å². The average molecular weight is 287 g/mol. The zero-order valence-electron chi connectivity index (χ0n) is 13.3. The van der Waals surface area contributed by atoms with E-state index in [-0.39, 0.29) is 0 Å². The first-order valence-corrected chi connectivity index (χ1v) is 7.22. The number of hydrogen-bond donors (Lipinski definition) is 3. The Morgan fingerprint density at radius 1 is 1.30 bits per heavy atom. The van der Waals surface area contributed by atoms with Crippen LogP contribution in [0.2, 0.25) is 0 Å². The summed E-state index contributed by atoms with van der Waals surface area (Å²) in [5.74, 6) is -1.02. The molecule has 6 nitrogen and oxygen atoms in total. The normalized spacial score (nSPS) is 14.2. The summed E-state index contributed by atoms with van der Waals surface area (Å²) in [6.07, 6.45) is 2.22. The number of urea groups is 1. The van der Waals surface area contributed by atoms with Gasteiger partial charge in [0.2, 0.25) is 0 Å². The Hall–Kier alpha value is -1.30. The van der Waals surface area contributed by atoms with E-state index in [1.54, 1.807) is 6.92 Å². The van der Waals surface area contributed by atoms with E-state index in [1.165, 1.54) is 6.92 Å². The molecule has 1 unspecified atom stereocenters. The van der Waals surface area contributed by atoms with Crippen molar-refractivity contribution in [3.05, 3.63) is 0 Å². The van der Waals surface area contributed by atoms with Gasteiger partial charge in [-0.1, -0.05) is 6.92 Å². The van der Waals surface area contributed by atoms with Crippen LogP contribution in [0.25, 0.3) is 0 Å². The minimum absolute atomic E-state index is 0.342. The number of carbonyl (C=O) groups excluding carboxylic acids is 1. The molecule has 1 atom stereocenters. The van der Waals surface area contributed by atoms with Gasteiger partial charge in [0.15, 0.2) is 0 Å². The lowest BCUT2D eigenvalue weighted by atomic mass is 10.00. The Morgan fingerprint density at radius 3 is 2.35 bits per heavy atom. The summed E-state index contributed by atoms with van der Waals surface area (Å²) in [4.78, 5) is 24.9. The first-order chi connectivity index (χ1) is 9.23. The number of carbonyl (C=O) groups is 2. The molecule has 0 aromatic heterocycles. The Morgan fingerprint density at radius 2 is 1.90 bits per heavy atom. The van der Waals surface area contributed by atoms with Crippen molar-refractivity contribution in [3.63, 3.8) is 0 Å². The maximum Gasteiger partial charge on any atom is 0.329 e. The first kappa shape index (κ1) is 18.7. The summed E-state index contributed by atoms with van der Waals surface area (Å²) in [6.45, 7) is 9.06. The van der Waals surface area contributed by atoms with Gasteiger partial charge < -0.3 is 20.6 Å². The van der Waals surface area contributed by atoms with Gasteiger partial charge in [0.1, 0.15) is 5.54 Å². The molecule has 0 fully saturated rings. The van der Waals surface area contributed by atoms with Gasteiger partial charge in [-0.3, -0.25) is 0 Å². The Balaban J connectivity index is 3.87. The summed E-state index contributed by atoms with van der Waals surface area (Å²) < 4.78 is 0. The zero-order chi connectivity index (χ0) is 15.8. The minimum Gasteiger partial charge on any atom is -0.480 e. The SMILES string of the molecule is CCC(C)(NC(=O)NCCCCN(C)C(C)C)C(=O)O. The summed E-state index contributed by atoms with van der Waals surface area (Å²) >= 11 is 0. The van der Waals surface area contributed by atoms with Crippen LogP contribution < -0.4 is 10.6 Å². The number of carboxylic acids is 1. The number of aliphatic carboxylic acids is 1. The molecule has 0 heterocycles. The Kier molecular flexibility index (Phi) is 8.22. The first-order valence-electron chi connectivity index (χ1n) is 7.22. The minimum atomic E-state index is -1.21. The monoisotopic (exact) mass is 287 g/mol. The van der Waals surface area contributed by atoms with Gasteiger partial charge in [0.25, 0.3) is 0 Å². The lowest BCUT2D eigenvalue weighted by Crippen LogP contribution is -2.54. The highest BCUT2D eigenvalue weighted by molar-refractivity contribution is 5.85. The molecule has 0 spiro atoms. The van der Waals surface area contributed by atoms with Crippen molar-refractivity contribution in [2.45, 2.75) is 58.5 Å². The maximum atomic E-state index is 11.6. The van der Waals surface area contributed by atoms with Gasteiger partial charge in [-0.25, -0.2) is 9.59 Å². The Labute approximate surface area is 121 Å². The van der Waals surface area contributed by atoms with Crippen molar-refractivity contribution in [1.82, 2.24) is 15.5 Å². The van der Waals surface area contributed by atoms with E-state index in [1.807, 2.05) is 0 Å². The van der Waals surface area contributed by atoms with E-state index in [2.05, 4.69) is 36.4 Å². The van der Waals surface area contributed by atoms with Crippen molar-refractivity contribution < 1.29 is 14.7 Å². The van der Waals surface area contributed by atoms with Crippen molar-refractivity contribution in [1.29, 1.82) is 0 Å². The molecular weight excluding hydrogens is 258 g/mol. The molecule has 0 aliphatic carbocycles. The molecular formula is C14H29N3O3. The van der Waals surface area contributed by atoms with E-state index in [9.17, 15) is 9.59 Å². The smallest absolute Gasteiger partial charge is 0.329 e. The molecule has 0 rings (SSSR count). The fourth-order valence-corrected chi connectivity index (χ4v) is 1.53. The highest BCUT2D eigenvalue weighted by Crippen LogP contribution is 2.08. The van der Waals surface area contributed by atoms with E-state index in [0.717, 1.165) is 19.4 Å². The van der Waals surface area contributed by atoms with Gasteiger partial charge in [-0.2, -0.15) is 0 Å². The molecule has 0 radical (unpaired) electrons. The van der Waals surface area contributed by atoms with Crippen LogP contribution in [-0.2, 0) is 4.79 Å². The molecule has 118 valence electrons. The van der Waals surface area contributed by atoms with Crippen LogP contribution in [0.1, 0.15) is 47.0 Å². The van der Waals surface area contributed by atoms with Crippen LogP contribution in [0, 0.1) is 0 Å². The van der Waals surface area contributed by atoms with Gasteiger partial charge in [0.05, 0.1) is 0 Å². The molecule has 20 heavy (non-hydrogen) atoms. The largest absolute Gasteiger partial charge is 0.480 e. The van der Waals surface area contributed by atoms with Crippen molar-refractivity contribution in [2.75, 3.05) is 20.1 Å². The van der Waals surface area contributed by atoms with Gasteiger partial charge in [-0.15, -0.1) is 0 Å². The standard InChI is InChI=1S/C14H29N3O3/c1-6-14(4,12(18)19)16-13(20)15-9-7-8-10-17(5)11(2)3/h11H,6-10H2,1-5H3,(H,18,19)(H2,15,16,20). The number of nitrogens with one attached hydrogen (secondary N) is 2. The molecule has 0 aliphatic rings. The highest BCUT2D eigenvalue weighted by atomic mass is 16.4. The van der Waals surface area contributed by atoms with Crippen molar-refractivity contribution in [3.8, 4) is 0 Å². The van der Waals surface area contributed by atoms with Crippen LogP contribution >= 0.6 is 0 Å². The molecule has 6 heteroatoms. The quantitative estimate of drug-likeness (QED) is 0.563. The van der Waals surface area contributed by atoms with Gasteiger partial charge in [-0.05, 0) is 53.6 Å². The van der Waals surface area contributed by atoms with Crippen LogP contribution in [-0.4, -0.2) is 53.7 Å². The second-order valence-corrected chi connectivity index (χ2v) is 5.65. The summed E-state index contributed by atoms with van der Waals surface area (Å²) in [5.41, 5.74) is -1.21. The fourth-order valence-electron chi connectivity index (χ4n) is 1.53.